The smallest absolute Gasteiger partial charge is 0.345 e. The van der Waals surface area contributed by atoms with E-state index in [9.17, 15) is 4.79 Å². The predicted octanol–water partition coefficient (Wildman–Crippen LogP) is 4.49. The standard InChI is InChI=1S/C15H24O3S/c1-4-6-7-12(5-2)9-18-10-13-8-14(15(16)17)19-11(13)3/h8,12H,4-7,9-10H2,1-3H3,(H,16,17). The molecule has 1 rings (SSSR count). The van der Waals surface area contributed by atoms with Crippen molar-refractivity contribution < 1.29 is 14.6 Å². The molecule has 0 fully saturated rings. The molecule has 0 saturated heterocycles. The Kier molecular flexibility index (Phi) is 7.10. The second-order valence-electron chi connectivity index (χ2n) is 4.93. The first kappa shape index (κ1) is 16.2. The van der Waals surface area contributed by atoms with E-state index in [4.69, 9.17) is 9.84 Å². The highest BCUT2D eigenvalue weighted by molar-refractivity contribution is 7.14. The van der Waals surface area contributed by atoms with Gasteiger partial charge in [0.25, 0.3) is 0 Å². The number of aromatic carboxylic acids is 1. The lowest BCUT2D eigenvalue weighted by Crippen LogP contribution is -2.08. The topological polar surface area (TPSA) is 46.5 Å². The maximum Gasteiger partial charge on any atom is 0.345 e. The molecule has 108 valence electrons. The summed E-state index contributed by atoms with van der Waals surface area (Å²) in [6.07, 6.45) is 4.84. The summed E-state index contributed by atoms with van der Waals surface area (Å²) in [7, 11) is 0. The Balaban J connectivity index is 2.41. The van der Waals surface area contributed by atoms with Gasteiger partial charge in [-0.05, 0) is 30.9 Å². The molecule has 19 heavy (non-hydrogen) atoms. The number of carboxylic acid groups (broad SMARTS) is 1. The van der Waals surface area contributed by atoms with Gasteiger partial charge in [0.1, 0.15) is 4.88 Å². The minimum absolute atomic E-state index is 0.397. The number of unbranched alkanes of at least 4 members (excludes halogenated alkanes) is 1. The zero-order valence-electron chi connectivity index (χ0n) is 12.1. The summed E-state index contributed by atoms with van der Waals surface area (Å²) in [5.74, 6) is -0.230. The van der Waals surface area contributed by atoms with Gasteiger partial charge in [0, 0.05) is 11.5 Å². The van der Waals surface area contributed by atoms with E-state index in [2.05, 4.69) is 13.8 Å². The van der Waals surface area contributed by atoms with Crippen LogP contribution in [0, 0.1) is 12.8 Å². The number of thiophene rings is 1. The normalized spacial score (nSPS) is 12.6. The van der Waals surface area contributed by atoms with Gasteiger partial charge in [-0.15, -0.1) is 11.3 Å². The van der Waals surface area contributed by atoms with Crippen LogP contribution in [0.15, 0.2) is 6.07 Å². The molecule has 0 aliphatic rings. The molecule has 0 bridgehead atoms. The largest absolute Gasteiger partial charge is 0.477 e. The van der Waals surface area contributed by atoms with E-state index in [1.165, 1.54) is 30.6 Å². The third-order valence-corrected chi connectivity index (χ3v) is 4.47. The molecule has 0 spiro atoms. The van der Waals surface area contributed by atoms with Crippen molar-refractivity contribution in [3.8, 4) is 0 Å². The molecule has 1 unspecified atom stereocenters. The number of aryl methyl sites for hydroxylation is 1. The molecule has 0 aromatic carbocycles. The van der Waals surface area contributed by atoms with E-state index in [1.807, 2.05) is 6.92 Å². The first-order valence-corrected chi connectivity index (χ1v) is 7.80. The summed E-state index contributed by atoms with van der Waals surface area (Å²) in [5.41, 5.74) is 1.01. The van der Waals surface area contributed by atoms with Gasteiger partial charge < -0.3 is 9.84 Å². The molecule has 4 heteroatoms. The molecule has 0 amide bonds. The van der Waals surface area contributed by atoms with E-state index in [0.29, 0.717) is 17.4 Å². The second kappa shape index (κ2) is 8.33. The summed E-state index contributed by atoms with van der Waals surface area (Å²) in [4.78, 5) is 12.3. The third-order valence-electron chi connectivity index (χ3n) is 3.39. The van der Waals surface area contributed by atoms with Gasteiger partial charge in [0.05, 0.1) is 6.61 Å². The molecule has 1 aromatic rings. The third kappa shape index (κ3) is 5.33. The van der Waals surface area contributed by atoms with Crippen molar-refractivity contribution in [3.63, 3.8) is 0 Å². The lowest BCUT2D eigenvalue weighted by Gasteiger charge is -2.14. The minimum Gasteiger partial charge on any atom is -0.477 e. The number of hydrogen-bond acceptors (Lipinski definition) is 3. The number of ether oxygens (including phenoxy) is 1. The van der Waals surface area contributed by atoms with Crippen LogP contribution in [-0.4, -0.2) is 17.7 Å². The van der Waals surface area contributed by atoms with E-state index in [0.717, 1.165) is 23.5 Å². The van der Waals surface area contributed by atoms with Crippen LogP contribution in [0.4, 0.5) is 0 Å². The first-order chi connectivity index (χ1) is 9.08. The molecule has 0 aliphatic carbocycles. The number of rotatable bonds is 9. The summed E-state index contributed by atoms with van der Waals surface area (Å²) in [5, 5.41) is 8.94. The Morgan fingerprint density at radius 2 is 2.21 bits per heavy atom. The summed E-state index contributed by atoms with van der Waals surface area (Å²) >= 11 is 1.32. The van der Waals surface area contributed by atoms with Gasteiger partial charge in [-0.2, -0.15) is 0 Å². The minimum atomic E-state index is -0.853. The molecule has 1 heterocycles. The van der Waals surface area contributed by atoms with E-state index < -0.39 is 5.97 Å². The second-order valence-corrected chi connectivity index (χ2v) is 6.19. The molecular formula is C15H24O3S. The van der Waals surface area contributed by atoms with Crippen LogP contribution in [0.2, 0.25) is 0 Å². The molecular weight excluding hydrogens is 260 g/mol. The summed E-state index contributed by atoms with van der Waals surface area (Å²) in [6.45, 7) is 7.65. The Morgan fingerprint density at radius 3 is 2.74 bits per heavy atom. The van der Waals surface area contributed by atoms with Crippen LogP contribution >= 0.6 is 11.3 Å². The highest BCUT2D eigenvalue weighted by Crippen LogP contribution is 2.23. The lowest BCUT2D eigenvalue weighted by molar-refractivity contribution is 0.0701. The Hall–Kier alpha value is -0.870. The lowest BCUT2D eigenvalue weighted by atomic mass is 10.0. The quantitative estimate of drug-likeness (QED) is 0.727. The zero-order valence-corrected chi connectivity index (χ0v) is 12.9. The van der Waals surface area contributed by atoms with Gasteiger partial charge in [-0.3, -0.25) is 0 Å². The Morgan fingerprint density at radius 1 is 1.47 bits per heavy atom. The predicted molar refractivity (Wildman–Crippen MR) is 79.0 cm³/mol. The van der Waals surface area contributed by atoms with Crippen LogP contribution in [0.5, 0.6) is 0 Å². The maximum atomic E-state index is 10.9. The van der Waals surface area contributed by atoms with Crippen LogP contribution < -0.4 is 0 Å². The molecule has 3 nitrogen and oxygen atoms in total. The van der Waals surface area contributed by atoms with Gasteiger partial charge in [0.15, 0.2) is 0 Å². The van der Waals surface area contributed by atoms with E-state index in [-0.39, 0.29) is 0 Å². The van der Waals surface area contributed by atoms with E-state index in [1.54, 1.807) is 6.07 Å². The van der Waals surface area contributed by atoms with Crippen molar-refractivity contribution in [2.45, 2.75) is 53.1 Å². The Labute approximate surface area is 119 Å². The van der Waals surface area contributed by atoms with Crippen LogP contribution in [0.3, 0.4) is 0 Å². The molecule has 0 radical (unpaired) electrons. The average Bonchev–Trinajstić information content (AvgIpc) is 2.75. The van der Waals surface area contributed by atoms with E-state index >= 15 is 0 Å². The summed E-state index contributed by atoms with van der Waals surface area (Å²) in [6, 6.07) is 1.73. The molecule has 0 aliphatic heterocycles. The monoisotopic (exact) mass is 284 g/mol. The molecule has 1 atom stereocenters. The number of hydrogen-bond donors (Lipinski definition) is 1. The van der Waals surface area contributed by atoms with Gasteiger partial charge in [0.2, 0.25) is 0 Å². The van der Waals surface area contributed by atoms with Crippen LogP contribution in [0.1, 0.15) is 59.6 Å². The fraction of sp³-hybridized carbons (Fsp3) is 0.667. The summed E-state index contributed by atoms with van der Waals surface area (Å²) < 4.78 is 5.76. The fourth-order valence-electron chi connectivity index (χ4n) is 2.00. The van der Waals surface area contributed by atoms with Crippen molar-refractivity contribution in [1.82, 2.24) is 0 Å². The van der Waals surface area contributed by atoms with Gasteiger partial charge >= 0.3 is 5.97 Å². The van der Waals surface area contributed by atoms with Crippen molar-refractivity contribution in [1.29, 1.82) is 0 Å². The zero-order chi connectivity index (χ0) is 14.3. The van der Waals surface area contributed by atoms with Crippen LogP contribution in [0.25, 0.3) is 0 Å². The van der Waals surface area contributed by atoms with Crippen LogP contribution in [-0.2, 0) is 11.3 Å². The van der Waals surface area contributed by atoms with Gasteiger partial charge in [-0.1, -0.05) is 33.1 Å². The van der Waals surface area contributed by atoms with Crippen molar-refractivity contribution in [3.05, 3.63) is 21.4 Å². The van der Waals surface area contributed by atoms with Crippen molar-refractivity contribution in [2.24, 2.45) is 5.92 Å². The fourth-order valence-corrected chi connectivity index (χ4v) is 2.87. The number of carbonyl (C=O) groups is 1. The molecule has 0 saturated carbocycles. The molecule has 1 aromatic heterocycles. The van der Waals surface area contributed by atoms with Gasteiger partial charge in [-0.25, -0.2) is 4.79 Å². The van der Waals surface area contributed by atoms with Crippen molar-refractivity contribution >= 4 is 17.3 Å². The highest BCUT2D eigenvalue weighted by atomic mass is 32.1. The first-order valence-electron chi connectivity index (χ1n) is 6.98. The SMILES string of the molecule is CCCCC(CC)COCc1cc(C(=O)O)sc1C. The number of carboxylic acids is 1. The van der Waals surface area contributed by atoms with Crippen molar-refractivity contribution in [2.75, 3.05) is 6.61 Å². The average molecular weight is 284 g/mol. The highest BCUT2D eigenvalue weighted by Gasteiger charge is 2.12. The maximum absolute atomic E-state index is 10.9. The molecule has 1 N–H and O–H groups in total. The Bertz CT molecular complexity index is 398.